The van der Waals surface area contributed by atoms with Crippen molar-refractivity contribution < 1.29 is 31.6 Å². The summed E-state index contributed by atoms with van der Waals surface area (Å²) in [4.78, 5) is 3.94. The first-order chi connectivity index (χ1) is 11.9. The first-order valence-electron chi connectivity index (χ1n) is 8.22. The number of halogens is 4. The van der Waals surface area contributed by atoms with Gasteiger partial charge in [0, 0.05) is 12.4 Å². The summed E-state index contributed by atoms with van der Waals surface area (Å²) in [6.45, 7) is 5.47. The quantitative estimate of drug-likeness (QED) is 0.421. The average molecular weight is 375 g/mol. The van der Waals surface area contributed by atoms with Gasteiger partial charge in [-0.15, -0.1) is 0 Å². The van der Waals surface area contributed by atoms with Gasteiger partial charge in [0.1, 0.15) is 12.3 Å². The Labute approximate surface area is 150 Å². The summed E-state index contributed by atoms with van der Waals surface area (Å²) in [5, 5.41) is 0. The van der Waals surface area contributed by atoms with Gasteiger partial charge in [0.05, 0.1) is 17.8 Å². The molecule has 1 aromatic heterocycles. The molecule has 0 N–H and O–H groups in total. The van der Waals surface area contributed by atoms with E-state index in [-0.39, 0.29) is 18.6 Å². The summed E-state index contributed by atoms with van der Waals surface area (Å²) in [5.41, 5.74) is -1.56. The Balaban J connectivity index is 2.21. The second kappa shape index (κ2) is 7.66. The number of nitrogens with zero attached hydrogens (tertiary/aromatic N) is 1. The SMILES string of the molecule is CC1(C)OB(C(F)=C(CCOCC(F)(F)F)c2cccnc2)OC1(C)C. The number of alkyl halides is 3. The minimum absolute atomic E-state index is 0.0717. The van der Waals surface area contributed by atoms with Crippen LogP contribution in [0.3, 0.4) is 0 Å². The molecule has 1 aromatic rings. The zero-order chi connectivity index (χ0) is 19.6. The number of hydrogen-bond donors (Lipinski definition) is 0. The lowest BCUT2D eigenvalue weighted by molar-refractivity contribution is -0.173. The molecule has 1 aliphatic rings. The predicted octanol–water partition coefficient (Wildman–Crippen LogP) is 4.36. The molecule has 26 heavy (non-hydrogen) atoms. The summed E-state index contributed by atoms with van der Waals surface area (Å²) in [6.07, 6.45) is -1.54. The normalized spacial score (nSPS) is 20.2. The molecule has 0 spiro atoms. The van der Waals surface area contributed by atoms with E-state index in [0.717, 1.165) is 0 Å². The Kier molecular flexibility index (Phi) is 6.15. The van der Waals surface area contributed by atoms with Crippen molar-refractivity contribution in [2.24, 2.45) is 0 Å². The van der Waals surface area contributed by atoms with Crippen LogP contribution < -0.4 is 0 Å². The van der Waals surface area contributed by atoms with E-state index in [1.165, 1.54) is 12.4 Å². The highest BCUT2D eigenvalue weighted by molar-refractivity contribution is 6.55. The van der Waals surface area contributed by atoms with Crippen LogP contribution in [-0.4, -0.2) is 42.7 Å². The van der Waals surface area contributed by atoms with Crippen molar-refractivity contribution in [2.45, 2.75) is 51.5 Å². The summed E-state index contributed by atoms with van der Waals surface area (Å²) in [6, 6.07) is 3.24. The topological polar surface area (TPSA) is 40.6 Å². The molecule has 0 amide bonds. The van der Waals surface area contributed by atoms with Gasteiger partial charge in [-0.1, -0.05) is 6.07 Å². The fourth-order valence-electron chi connectivity index (χ4n) is 2.39. The Bertz CT molecular complexity index is 631. The molecule has 0 atom stereocenters. The highest BCUT2D eigenvalue weighted by atomic mass is 19.4. The second-order valence-corrected chi connectivity index (χ2v) is 7.07. The Morgan fingerprint density at radius 3 is 2.31 bits per heavy atom. The highest BCUT2D eigenvalue weighted by Crippen LogP contribution is 2.40. The van der Waals surface area contributed by atoms with Crippen molar-refractivity contribution in [3.63, 3.8) is 0 Å². The van der Waals surface area contributed by atoms with Gasteiger partial charge in [-0.3, -0.25) is 4.98 Å². The minimum atomic E-state index is -4.43. The monoisotopic (exact) mass is 375 g/mol. The molecule has 1 saturated heterocycles. The number of ether oxygens (including phenoxy) is 1. The van der Waals surface area contributed by atoms with Gasteiger partial charge in [-0.05, 0) is 51.3 Å². The molecule has 1 fully saturated rings. The van der Waals surface area contributed by atoms with Crippen LogP contribution in [-0.2, 0) is 14.0 Å². The maximum absolute atomic E-state index is 15.1. The third-order valence-electron chi connectivity index (χ3n) is 4.52. The van der Waals surface area contributed by atoms with Crippen LogP contribution >= 0.6 is 0 Å². The van der Waals surface area contributed by atoms with E-state index in [1.807, 2.05) is 0 Å². The molecular formula is C17H22BF4NO3. The third kappa shape index (κ3) is 5.05. The van der Waals surface area contributed by atoms with Gasteiger partial charge in [-0.2, -0.15) is 13.2 Å². The van der Waals surface area contributed by atoms with E-state index in [0.29, 0.717) is 5.56 Å². The van der Waals surface area contributed by atoms with E-state index < -0.39 is 36.8 Å². The van der Waals surface area contributed by atoms with Crippen molar-refractivity contribution in [3.8, 4) is 0 Å². The first kappa shape index (κ1) is 20.9. The van der Waals surface area contributed by atoms with Crippen LogP contribution in [0.15, 0.2) is 30.3 Å². The summed E-state index contributed by atoms with van der Waals surface area (Å²) < 4.78 is 67.8. The summed E-state index contributed by atoms with van der Waals surface area (Å²) in [7, 11) is -1.24. The zero-order valence-electron chi connectivity index (χ0n) is 15.2. The summed E-state index contributed by atoms with van der Waals surface area (Å²) in [5.74, 6) is 0. The Morgan fingerprint density at radius 1 is 1.19 bits per heavy atom. The lowest BCUT2D eigenvalue weighted by atomic mass is 9.82. The zero-order valence-corrected chi connectivity index (χ0v) is 15.2. The average Bonchev–Trinajstić information content (AvgIpc) is 2.75. The van der Waals surface area contributed by atoms with E-state index in [2.05, 4.69) is 9.72 Å². The van der Waals surface area contributed by atoms with Crippen LogP contribution in [0.1, 0.15) is 39.7 Å². The van der Waals surface area contributed by atoms with Gasteiger partial charge in [0.2, 0.25) is 0 Å². The molecular weight excluding hydrogens is 353 g/mol. The van der Waals surface area contributed by atoms with Crippen LogP contribution in [0.2, 0.25) is 0 Å². The van der Waals surface area contributed by atoms with Gasteiger partial charge >= 0.3 is 13.3 Å². The molecule has 1 aliphatic heterocycles. The highest BCUT2D eigenvalue weighted by Gasteiger charge is 2.53. The van der Waals surface area contributed by atoms with Gasteiger partial charge in [0.15, 0.2) is 0 Å². The molecule has 2 rings (SSSR count). The van der Waals surface area contributed by atoms with Crippen molar-refractivity contribution in [2.75, 3.05) is 13.2 Å². The summed E-state index contributed by atoms with van der Waals surface area (Å²) >= 11 is 0. The second-order valence-electron chi connectivity index (χ2n) is 7.07. The van der Waals surface area contributed by atoms with Gasteiger partial charge in [0.25, 0.3) is 0 Å². The molecule has 9 heteroatoms. The molecule has 0 radical (unpaired) electrons. The maximum atomic E-state index is 15.1. The fraction of sp³-hybridized carbons (Fsp3) is 0.588. The molecule has 4 nitrogen and oxygen atoms in total. The van der Waals surface area contributed by atoms with Gasteiger partial charge in [-0.25, -0.2) is 4.39 Å². The van der Waals surface area contributed by atoms with Crippen LogP contribution in [0.25, 0.3) is 5.57 Å². The molecule has 0 bridgehead atoms. The van der Waals surface area contributed by atoms with Crippen LogP contribution in [0, 0.1) is 0 Å². The third-order valence-corrected chi connectivity index (χ3v) is 4.52. The minimum Gasteiger partial charge on any atom is -0.398 e. The molecule has 0 aromatic carbocycles. The van der Waals surface area contributed by atoms with Gasteiger partial charge < -0.3 is 14.0 Å². The lowest BCUT2D eigenvalue weighted by Crippen LogP contribution is -2.41. The number of hydrogen-bond acceptors (Lipinski definition) is 4. The standard InChI is InChI=1S/C17H22BF4NO3/c1-15(2)16(3,4)26-18(25-15)14(19)13(12-6-5-8-23-10-12)7-9-24-11-17(20,21)22/h5-6,8,10H,7,9,11H2,1-4H3. The molecule has 0 aliphatic carbocycles. The molecule has 2 heterocycles. The smallest absolute Gasteiger partial charge is 0.398 e. The Morgan fingerprint density at radius 2 is 1.81 bits per heavy atom. The number of rotatable bonds is 6. The van der Waals surface area contributed by atoms with E-state index >= 15 is 4.39 Å². The Hall–Kier alpha value is -1.45. The number of pyridine rings is 1. The largest absolute Gasteiger partial charge is 0.525 e. The van der Waals surface area contributed by atoms with E-state index in [1.54, 1.807) is 39.8 Å². The van der Waals surface area contributed by atoms with Crippen LogP contribution in [0.4, 0.5) is 17.6 Å². The first-order valence-corrected chi connectivity index (χ1v) is 8.22. The molecule has 0 unspecified atom stereocenters. The fourth-order valence-corrected chi connectivity index (χ4v) is 2.39. The maximum Gasteiger partial charge on any atom is 0.525 e. The molecule has 144 valence electrons. The van der Waals surface area contributed by atoms with E-state index in [4.69, 9.17) is 9.31 Å². The van der Waals surface area contributed by atoms with Crippen molar-refractivity contribution >= 4 is 12.7 Å². The number of aromatic nitrogens is 1. The predicted molar refractivity (Wildman–Crippen MR) is 89.8 cm³/mol. The van der Waals surface area contributed by atoms with Crippen molar-refractivity contribution in [1.82, 2.24) is 4.98 Å². The van der Waals surface area contributed by atoms with E-state index in [9.17, 15) is 13.2 Å². The lowest BCUT2D eigenvalue weighted by Gasteiger charge is -2.32. The van der Waals surface area contributed by atoms with Crippen molar-refractivity contribution in [3.05, 3.63) is 35.8 Å². The van der Waals surface area contributed by atoms with Crippen LogP contribution in [0.5, 0.6) is 0 Å². The van der Waals surface area contributed by atoms with Crippen molar-refractivity contribution in [1.29, 1.82) is 0 Å². The molecule has 0 saturated carbocycles.